The number of aliphatic hydroxyl groups is 2. The molecule has 0 radical (unpaired) electrons. The maximum absolute atomic E-state index is 11.1. The van der Waals surface area contributed by atoms with Crippen LogP contribution in [0.1, 0.15) is 52.9 Å². The fourth-order valence-corrected chi connectivity index (χ4v) is 2.26. The van der Waals surface area contributed by atoms with E-state index in [2.05, 4.69) is 5.32 Å². The summed E-state index contributed by atoms with van der Waals surface area (Å²) in [6.45, 7) is 5.29. The van der Waals surface area contributed by atoms with Gasteiger partial charge in [0.2, 0.25) is 5.91 Å². The minimum Gasteiger partial charge on any atom is -0.394 e. The molecule has 98 valence electrons. The third kappa shape index (κ3) is 4.13. The molecule has 0 saturated carbocycles. The van der Waals surface area contributed by atoms with Gasteiger partial charge in [0.15, 0.2) is 0 Å². The largest absolute Gasteiger partial charge is 0.394 e. The number of hydrogen-bond donors (Lipinski definition) is 3. The lowest BCUT2D eigenvalue weighted by Gasteiger charge is -2.36. The van der Waals surface area contributed by atoms with E-state index in [9.17, 15) is 9.90 Å². The summed E-state index contributed by atoms with van der Waals surface area (Å²) < 4.78 is 0. The second kappa shape index (κ2) is 5.65. The van der Waals surface area contributed by atoms with Gasteiger partial charge in [-0.25, -0.2) is 0 Å². The van der Waals surface area contributed by atoms with E-state index in [0.717, 1.165) is 37.0 Å². The van der Waals surface area contributed by atoms with Crippen LogP contribution in [0.15, 0.2) is 11.3 Å². The number of amides is 1. The number of aliphatic hydroxyl groups excluding tert-OH is 1. The number of carbonyl (C=O) groups is 1. The van der Waals surface area contributed by atoms with Gasteiger partial charge in [-0.2, -0.15) is 0 Å². The van der Waals surface area contributed by atoms with Crippen LogP contribution in [0, 0.1) is 0 Å². The normalized spacial score (nSPS) is 28.2. The predicted octanol–water partition coefficient (Wildman–Crippen LogP) is 1.47. The molecule has 2 rings (SSSR count). The molecular weight excluding hydrogens is 218 g/mol. The van der Waals surface area contributed by atoms with E-state index < -0.39 is 5.60 Å². The Kier molecular flexibility index (Phi) is 4.71. The minimum atomic E-state index is -0.679. The van der Waals surface area contributed by atoms with Crippen molar-refractivity contribution in [2.45, 2.75) is 64.6 Å². The van der Waals surface area contributed by atoms with Gasteiger partial charge < -0.3 is 15.5 Å². The van der Waals surface area contributed by atoms with E-state index in [-0.39, 0.29) is 12.0 Å². The highest BCUT2D eigenvalue weighted by atomic mass is 16.3. The third-order valence-corrected chi connectivity index (χ3v) is 3.00. The Bertz CT molecular complexity index is 316. The van der Waals surface area contributed by atoms with Crippen LogP contribution >= 0.6 is 0 Å². The monoisotopic (exact) mass is 241 g/mol. The molecule has 4 nitrogen and oxygen atoms in total. The summed E-state index contributed by atoms with van der Waals surface area (Å²) in [5.41, 5.74) is 1.35. The van der Waals surface area contributed by atoms with Gasteiger partial charge >= 0.3 is 0 Å². The lowest BCUT2D eigenvalue weighted by molar-refractivity contribution is -0.121. The molecule has 1 aliphatic carbocycles. The quantitative estimate of drug-likeness (QED) is 0.601. The van der Waals surface area contributed by atoms with Crippen molar-refractivity contribution in [3.8, 4) is 0 Å². The molecule has 1 heterocycles. The number of rotatable bonds is 0. The summed E-state index contributed by atoms with van der Waals surface area (Å²) >= 11 is 0. The van der Waals surface area contributed by atoms with E-state index in [1.807, 2.05) is 6.92 Å². The maximum Gasteiger partial charge on any atom is 0.224 e. The highest BCUT2D eigenvalue weighted by Crippen LogP contribution is 2.36. The van der Waals surface area contributed by atoms with Crippen LogP contribution in [0.3, 0.4) is 0 Å². The van der Waals surface area contributed by atoms with Gasteiger partial charge in [0, 0.05) is 18.2 Å². The van der Waals surface area contributed by atoms with Crippen LogP contribution in [0.25, 0.3) is 0 Å². The zero-order valence-corrected chi connectivity index (χ0v) is 10.9. The number of allylic oxidation sites excluding steroid dienone is 1. The summed E-state index contributed by atoms with van der Waals surface area (Å²) in [6.07, 6.45) is 3.79. The van der Waals surface area contributed by atoms with Gasteiger partial charge in [-0.3, -0.25) is 4.79 Å². The molecule has 4 heteroatoms. The molecule has 1 aliphatic heterocycles. The smallest absolute Gasteiger partial charge is 0.224 e. The summed E-state index contributed by atoms with van der Waals surface area (Å²) in [6, 6.07) is 0. The number of nitrogens with one attached hydrogen (secondary N) is 1. The van der Waals surface area contributed by atoms with Crippen molar-refractivity contribution in [3.05, 3.63) is 11.3 Å². The Morgan fingerprint density at radius 1 is 1.29 bits per heavy atom. The first-order chi connectivity index (χ1) is 7.83. The summed E-state index contributed by atoms with van der Waals surface area (Å²) in [7, 11) is 0. The average Bonchev–Trinajstić information content (AvgIpc) is 2.15. The van der Waals surface area contributed by atoms with Crippen molar-refractivity contribution in [3.63, 3.8) is 0 Å². The first kappa shape index (κ1) is 14.2. The maximum atomic E-state index is 11.1. The lowest BCUT2D eigenvalue weighted by atomic mass is 9.79. The number of hydrogen-bond acceptors (Lipinski definition) is 3. The van der Waals surface area contributed by atoms with Crippen molar-refractivity contribution in [2.24, 2.45) is 0 Å². The second-order valence-corrected chi connectivity index (χ2v) is 5.23. The van der Waals surface area contributed by atoms with Crippen LogP contribution in [0.4, 0.5) is 0 Å². The van der Waals surface area contributed by atoms with Gasteiger partial charge in [-0.05, 0) is 52.0 Å². The van der Waals surface area contributed by atoms with Gasteiger partial charge in [-0.1, -0.05) is 0 Å². The van der Waals surface area contributed by atoms with Crippen LogP contribution in [0.5, 0.6) is 0 Å². The third-order valence-electron chi connectivity index (χ3n) is 3.00. The molecule has 0 fully saturated rings. The topological polar surface area (TPSA) is 69.6 Å². The molecule has 0 aromatic carbocycles. The Labute approximate surface area is 103 Å². The molecule has 2 aliphatic rings. The van der Waals surface area contributed by atoms with E-state index in [1.54, 1.807) is 13.8 Å². The molecule has 1 unspecified atom stereocenters. The fourth-order valence-electron chi connectivity index (χ4n) is 2.26. The van der Waals surface area contributed by atoms with Crippen molar-refractivity contribution >= 4 is 5.91 Å². The predicted molar refractivity (Wildman–Crippen MR) is 66.2 cm³/mol. The zero-order chi connectivity index (χ0) is 13.1. The summed E-state index contributed by atoms with van der Waals surface area (Å²) in [5, 5.41) is 21.0. The summed E-state index contributed by atoms with van der Waals surface area (Å²) in [4.78, 5) is 11.1. The van der Waals surface area contributed by atoms with Crippen molar-refractivity contribution in [2.75, 3.05) is 0 Å². The number of carbonyl (C=O) groups excluding carboxylic acids is 1. The van der Waals surface area contributed by atoms with Crippen molar-refractivity contribution < 1.29 is 15.0 Å². The molecule has 0 spiro atoms. The highest BCUT2D eigenvalue weighted by Gasteiger charge is 2.34. The molecular formula is C13H23NO3. The van der Waals surface area contributed by atoms with Crippen LogP contribution in [-0.2, 0) is 4.79 Å². The van der Waals surface area contributed by atoms with E-state index in [0.29, 0.717) is 6.42 Å². The standard InChI is InChI=1S/C10H15NO2.C3H8O/c1-10(13)6-2-3-8-7(10)4-5-9(12)11-8;1-3(2)4/h13H,2-6H2,1H3,(H,11,12);3-4H,1-2H3. The van der Waals surface area contributed by atoms with E-state index >= 15 is 0 Å². The average molecular weight is 241 g/mol. The summed E-state index contributed by atoms with van der Waals surface area (Å²) in [5.74, 6) is 0.0939. The first-order valence-electron chi connectivity index (χ1n) is 6.25. The zero-order valence-electron chi connectivity index (χ0n) is 10.9. The SMILES string of the molecule is CC(C)O.CC1(O)CCCC2=C1CCC(=O)N2. The van der Waals surface area contributed by atoms with Crippen LogP contribution in [0.2, 0.25) is 0 Å². The molecule has 0 aromatic rings. The lowest BCUT2D eigenvalue weighted by Crippen LogP contribution is -2.39. The van der Waals surface area contributed by atoms with E-state index in [1.165, 1.54) is 0 Å². The highest BCUT2D eigenvalue weighted by molar-refractivity contribution is 5.79. The van der Waals surface area contributed by atoms with Gasteiger partial charge in [0.05, 0.1) is 5.60 Å². The Hall–Kier alpha value is -0.870. The van der Waals surface area contributed by atoms with Gasteiger partial charge in [0.25, 0.3) is 0 Å². The molecule has 17 heavy (non-hydrogen) atoms. The Balaban J connectivity index is 0.000000317. The second-order valence-electron chi connectivity index (χ2n) is 5.23. The van der Waals surface area contributed by atoms with Gasteiger partial charge in [-0.15, -0.1) is 0 Å². The van der Waals surface area contributed by atoms with E-state index in [4.69, 9.17) is 5.11 Å². The molecule has 0 bridgehead atoms. The first-order valence-corrected chi connectivity index (χ1v) is 6.25. The molecule has 1 amide bonds. The van der Waals surface area contributed by atoms with Crippen LogP contribution < -0.4 is 5.32 Å². The molecule has 3 N–H and O–H groups in total. The van der Waals surface area contributed by atoms with Crippen molar-refractivity contribution in [1.29, 1.82) is 0 Å². The molecule has 0 aromatic heterocycles. The molecule has 0 saturated heterocycles. The van der Waals surface area contributed by atoms with Crippen LogP contribution in [-0.4, -0.2) is 27.8 Å². The Morgan fingerprint density at radius 3 is 2.47 bits per heavy atom. The molecule has 1 atom stereocenters. The Morgan fingerprint density at radius 2 is 1.88 bits per heavy atom. The van der Waals surface area contributed by atoms with Gasteiger partial charge in [0.1, 0.15) is 0 Å². The fraction of sp³-hybridized carbons (Fsp3) is 0.769. The minimum absolute atomic E-state index is 0.0939. The van der Waals surface area contributed by atoms with Crippen molar-refractivity contribution in [1.82, 2.24) is 5.32 Å².